The van der Waals surface area contributed by atoms with Crippen molar-refractivity contribution in [2.75, 3.05) is 27.2 Å². The summed E-state index contributed by atoms with van der Waals surface area (Å²) in [7, 11) is 3.31. The number of fused-ring (bicyclic) bond motifs is 1. The smallest absolute Gasteiger partial charge is 0.246 e. The lowest BCUT2D eigenvalue weighted by atomic mass is 9.96. The first kappa shape index (κ1) is 33.9. The minimum atomic E-state index is -0.854. The van der Waals surface area contributed by atoms with Gasteiger partial charge >= 0.3 is 0 Å². The molecule has 0 aliphatic carbocycles. The molecule has 3 aromatic rings. The van der Waals surface area contributed by atoms with Gasteiger partial charge in [0.05, 0.1) is 6.10 Å². The molecule has 8 heteroatoms. The van der Waals surface area contributed by atoms with E-state index in [9.17, 15) is 19.5 Å². The molecule has 1 aliphatic heterocycles. The maximum absolute atomic E-state index is 14.5. The van der Waals surface area contributed by atoms with Gasteiger partial charge in [-0.3, -0.25) is 14.4 Å². The van der Waals surface area contributed by atoms with Crippen LogP contribution in [0.15, 0.2) is 84.4 Å². The average Bonchev–Trinajstić information content (AvgIpc) is 3.01. The van der Waals surface area contributed by atoms with Gasteiger partial charge in [-0.25, -0.2) is 0 Å². The van der Waals surface area contributed by atoms with E-state index < -0.39 is 23.7 Å². The predicted molar refractivity (Wildman–Crippen MR) is 179 cm³/mol. The topological polar surface area (TPSA) is 107 Å². The van der Waals surface area contributed by atoms with Crippen LogP contribution in [0.2, 0.25) is 0 Å². The van der Waals surface area contributed by atoms with Crippen molar-refractivity contribution in [3.05, 3.63) is 95.6 Å². The molecule has 1 saturated heterocycles. The number of piperidine rings is 1. The van der Waals surface area contributed by atoms with Crippen LogP contribution in [0.3, 0.4) is 0 Å². The first-order valence-electron chi connectivity index (χ1n) is 15.8. The Kier molecular flexibility index (Phi) is 11.2. The summed E-state index contributed by atoms with van der Waals surface area (Å²) < 4.78 is 0. The van der Waals surface area contributed by atoms with Crippen molar-refractivity contribution in [3.8, 4) is 0 Å². The molecule has 0 saturated carbocycles. The average molecular weight is 613 g/mol. The first-order valence-corrected chi connectivity index (χ1v) is 15.8. The van der Waals surface area contributed by atoms with Crippen molar-refractivity contribution in [3.63, 3.8) is 0 Å². The van der Waals surface area contributed by atoms with Gasteiger partial charge in [0.25, 0.3) is 0 Å². The highest BCUT2D eigenvalue weighted by atomic mass is 16.3. The van der Waals surface area contributed by atoms with Crippen LogP contribution in [-0.4, -0.2) is 88.4 Å². The van der Waals surface area contributed by atoms with Gasteiger partial charge in [-0.2, -0.15) is 0 Å². The normalized spacial score (nSPS) is 15.9. The number of carbonyl (C=O) groups excluding carboxylic acids is 3. The van der Waals surface area contributed by atoms with Gasteiger partial charge in [-0.1, -0.05) is 78.4 Å². The molecule has 0 bridgehead atoms. The molecule has 1 aliphatic rings. The van der Waals surface area contributed by atoms with Crippen LogP contribution >= 0.6 is 0 Å². The standard InChI is InChI=1S/C37H48N4O4/c1-26(25-37(2,3)38)21-34(43)39(4)32(24-28-15-16-29-13-9-10-14-30(29)22-28)35(44)40(5)33(23-27-11-7-6-8-12-27)36(45)41-19-17-31(42)18-20-41/h6-16,21-22,31-33,42H,17-20,23-25,38H2,1-5H3/b26-21+/t32-,33-/m1/s1. The van der Waals surface area contributed by atoms with Crippen molar-refractivity contribution < 1.29 is 19.5 Å². The van der Waals surface area contributed by atoms with Gasteiger partial charge in [0.15, 0.2) is 0 Å². The third-order valence-corrected chi connectivity index (χ3v) is 8.60. The van der Waals surface area contributed by atoms with Crippen LogP contribution in [0.5, 0.6) is 0 Å². The van der Waals surface area contributed by atoms with E-state index in [-0.39, 0.29) is 24.1 Å². The Morgan fingerprint density at radius 3 is 2.13 bits per heavy atom. The molecule has 2 atom stereocenters. The number of nitrogens with zero attached hydrogens (tertiary/aromatic N) is 3. The number of aliphatic hydroxyl groups excluding tert-OH is 1. The summed E-state index contributed by atoms with van der Waals surface area (Å²) in [5.41, 5.74) is 8.40. The van der Waals surface area contributed by atoms with Gasteiger partial charge < -0.3 is 25.5 Å². The van der Waals surface area contributed by atoms with E-state index >= 15 is 0 Å². The second-order valence-electron chi connectivity index (χ2n) is 13.2. The summed E-state index contributed by atoms with van der Waals surface area (Å²) in [5, 5.41) is 12.2. The highest BCUT2D eigenvalue weighted by molar-refractivity contribution is 5.95. The Hall–Kier alpha value is -4.01. The van der Waals surface area contributed by atoms with Gasteiger partial charge in [0.2, 0.25) is 17.7 Å². The molecule has 240 valence electrons. The molecule has 1 heterocycles. The second-order valence-corrected chi connectivity index (χ2v) is 13.2. The Morgan fingerprint density at radius 1 is 0.889 bits per heavy atom. The number of likely N-dealkylation sites (N-methyl/N-ethyl adjacent to an activating group) is 2. The van der Waals surface area contributed by atoms with Crippen LogP contribution in [0, 0.1) is 0 Å². The van der Waals surface area contributed by atoms with Crippen molar-refractivity contribution in [1.29, 1.82) is 0 Å². The minimum Gasteiger partial charge on any atom is -0.393 e. The Labute approximate surface area is 267 Å². The summed E-state index contributed by atoms with van der Waals surface area (Å²) in [6.07, 6.45) is 3.31. The van der Waals surface area contributed by atoms with E-state index in [1.807, 2.05) is 87.5 Å². The summed E-state index contributed by atoms with van der Waals surface area (Å²) in [6, 6.07) is 22.1. The molecule has 0 aromatic heterocycles. The maximum Gasteiger partial charge on any atom is 0.246 e. The number of aliphatic hydroxyl groups is 1. The lowest BCUT2D eigenvalue weighted by Crippen LogP contribution is -2.57. The molecule has 8 nitrogen and oxygen atoms in total. The van der Waals surface area contributed by atoms with E-state index in [0.717, 1.165) is 27.5 Å². The number of hydrogen-bond acceptors (Lipinski definition) is 5. The third-order valence-electron chi connectivity index (χ3n) is 8.60. The lowest BCUT2D eigenvalue weighted by molar-refractivity contribution is -0.150. The quantitative estimate of drug-likeness (QED) is 0.314. The van der Waals surface area contributed by atoms with Gasteiger partial charge in [-0.15, -0.1) is 0 Å². The Balaban J connectivity index is 1.68. The minimum absolute atomic E-state index is 0.152. The van der Waals surface area contributed by atoms with Crippen LogP contribution in [0.1, 0.15) is 51.2 Å². The Bertz CT molecular complexity index is 1510. The van der Waals surface area contributed by atoms with E-state index in [1.54, 1.807) is 25.1 Å². The largest absolute Gasteiger partial charge is 0.393 e. The number of nitrogens with two attached hydrogens (primary N) is 1. The second kappa shape index (κ2) is 14.8. The number of benzene rings is 3. The maximum atomic E-state index is 14.5. The number of amides is 3. The summed E-state index contributed by atoms with van der Waals surface area (Å²) in [6.45, 7) is 6.57. The van der Waals surface area contributed by atoms with E-state index in [4.69, 9.17) is 5.73 Å². The molecule has 3 N–H and O–H groups in total. The van der Waals surface area contributed by atoms with Crippen molar-refractivity contribution in [1.82, 2.24) is 14.7 Å². The molecule has 0 unspecified atom stereocenters. The third kappa shape index (κ3) is 9.25. The summed E-state index contributed by atoms with van der Waals surface area (Å²) >= 11 is 0. The summed E-state index contributed by atoms with van der Waals surface area (Å²) in [4.78, 5) is 46.9. The van der Waals surface area contributed by atoms with Crippen molar-refractivity contribution in [2.24, 2.45) is 5.73 Å². The number of carbonyl (C=O) groups is 3. The van der Waals surface area contributed by atoms with Crippen LogP contribution in [0.4, 0.5) is 0 Å². The highest BCUT2D eigenvalue weighted by Gasteiger charge is 2.37. The van der Waals surface area contributed by atoms with Crippen LogP contribution in [0.25, 0.3) is 10.8 Å². The molecule has 3 aromatic carbocycles. The fourth-order valence-corrected chi connectivity index (χ4v) is 6.13. The van der Waals surface area contributed by atoms with Gasteiger partial charge in [0, 0.05) is 51.6 Å². The number of likely N-dealkylation sites (tertiary alicyclic amines) is 1. The fraction of sp³-hybridized carbons (Fsp3) is 0.432. The molecule has 3 amide bonds. The molecule has 1 fully saturated rings. The number of rotatable bonds is 11. The van der Waals surface area contributed by atoms with Crippen LogP contribution in [-0.2, 0) is 27.2 Å². The van der Waals surface area contributed by atoms with Crippen molar-refractivity contribution in [2.45, 2.75) is 76.6 Å². The van der Waals surface area contributed by atoms with Gasteiger partial charge in [0.1, 0.15) is 12.1 Å². The van der Waals surface area contributed by atoms with Crippen molar-refractivity contribution >= 4 is 28.5 Å². The molecular formula is C37H48N4O4. The monoisotopic (exact) mass is 612 g/mol. The molecule has 4 rings (SSSR count). The lowest BCUT2D eigenvalue weighted by Gasteiger charge is -2.38. The summed E-state index contributed by atoms with van der Waals surface area (Å²) in [5.74, 6) is -0.753. The zero-order valence-corrected chi connectivity index (χ0v) is 27.3. The molecular weight excluding hydrogens is 564 g/mol. The fourth-order valence-electron chi connectivity index (χ4n) is 6.13. The van der Waals surface area contributed by atoms with Gasteiger partial charge in [-0.05, 0) is 61.9 Å². The predicted octanol–water partition coefficient (Wildman–Crippen LogP) is 4.34. The SMILES string of the molecule is C/C(=C\C(=O)N(C)[C@H](Cc1ccc2ccccc2c1)C(=O)N(C)[C@H](Cc1ccccc1)C(=O)N1CCC(O)CC1)CC(C)(C)N. The van der Waals surface area contributed by atoms with E-state index in [2.05, 4.69) is 6.07 Å². The van der Waals surface area contributed by atoms with E-state index in [0.29, 0.717) is 38.8 Å². The number of hydrogen-bond donors (Lipinski definition) is 2. The highest BCUT2D eigenvalue weighted by Crippen LogP contribution is 2.22. The molecule has 0 radical (unpaired) electrons. The van der Waals surface area contributed by atoms with E-state index in [1.165, 1.54) is 9.80 Å². The zero-order valence-electron chi connectivity index (χ0n) is 27.3. The molecule has 0 spiro atoms. The van der Waals surface area contributed by atoms with Crippen LogP contribution < -0.4 is 5.73 Å². The zero-order chi connectivity index (χ0) is 32.7. The Morgan fingerprint density at radius 2 is 1.49 bits per heavy atom. The first-order chi connectivity index (χ1) is 21.3. The molecule has 45 heavy (non-hydrogen) atoms.